The Labute approximate surface area is 114 Å². The number of nitrogens with zero attached hydrogens (tertiary/aromatic N) is 1. The molecule has 0 unspecified atom stereocenters. The topological polar surface area (TPSA) is 34.2 Å². The number of thiazole rings is 1. The van der Waals surface area contributed by atoms with Crippen molar-refractivity contribution in [3.8, 4) is 5.75 Å². The van der Waals surface area contributed by atoms with Crippen LogP contribution in [-0.4, -0.2) is 11.5 Å². The number of hydrogen-bond donors (Lipinski definition) is 1. The lowest BCUT2D eigenvalue weighted by atomic mass is 10.3. The Kier molecular flexibility index (Phi) is 4.38. The molecule has 1 aromatic heterocycles. The molecule has 3 nitrogen and oxygen atoms in total. The van der Waals surface area contributed by atoms with Gasteiger partial charge in [0.25, 0.3) is 0 Å². The minimum absolute atomic E-state index is 0.192. The Balaban J connectivity index is 1.97. The molecule has 0 spiro atoms. The largest absolute Gasteiger partial charge is 0.485 e. The molecule has 0 atom stereocenters. The molecule has 0 radical (unpaired) electrons. The second kappa shape index (κ2) is 6.02. The van der Waals surface area contributed by atoms with Crippen molar-refractivity contribution in [1.29, 1.82) is 0 Å². The average Bonchev–Trinajstić information content (AvgIpc) is 2.76. The molecule has 0 saturated carbocycles. The Morgan fingerprint density at radius 3 is 3.06 bits per heavy atom. The first-order valence-electron chi connectivity index (χ1n) is 5.45. The fourth-order valence-electron chi connectivity index (χ4n) is 1.35. The summed E-state index contributed by atoms with van der Waals surface area (Å²) in [6, 6.07) is 4.34. The van der Waals surface area contributed by atoms with E-state index in [4.69, 9.17) is 16.3 Å². The van der Waals surface area contributed by atoms with Crippen LogP contribution >= 0.6 is 22.9 Å². The molecule has 0 bridgehead atoms. The van der Waals surface area contributed by atoms with Gasteiger partial charge in [-0.1, -0.05) is 22.9 Å². The maximum absolute atomic E-state index is 13.4. The summed E-state index contributed by atoms with van der Waals surface area (Å²) in [6.45, 7) is 3.11. The summed E-state index contributed by atoms with van der Waals surface area (Å²) in [5, 5.41) is 4.30. The average molecular weight is 287 g/mol. The minimum atomic E-state index is -0.459. The predicted molar refractivity (Wildman–Crippen MR) is 72.0 cm³/mol. The van der Waals surface area contributed by atoms with Crippen molar-refractivity contribution in [1.82, 2.24) is 4.98 Å². The normalized spacial score (nSPS) is 10.4. The van der Waals surface area contributed by atoms with Crippen LogP contribution in [0.2, 0.25) is 5.02 Å². The lowest BCUT2D eigenvalue weighted by Crippen LogP contribution is -1.95. The molecule has 0 saturated heterocycles. The van der Waals surface area contributed by atoms with Gasteiger partial charge >= 0.3 is 0 Å². The van der Waals surface area contributed by atoms with Crippen LogP contribution in [0.4, 0.5) is 9.52 Å². The fourth-order valence-corrected chi connectivity index (χ4v) is 2.30. The summed E-state index contributed by atoms with van der Waals surface area (Å²) in [5.74, 6) is -0.267. The van der Waals surface area contributed by atoms with Gasteiger partial charge in [0.2, 0.25) is 0 Å². The minimum Gasteiger partial charge on any atom is -0.485 e. The van der Waals surface area contributed by atoms with Crippen molar-refractivity contribution < 1.29 is 9.13 Å². The van der Waals surface area contributed by atoms with Crippen LogP contribution in [0.15, 0.2) is 24.4 Å². The Bertz CT molecular complexity index is 533. The zero-order valence-corrected chi connectivity index (χ0v) is 11.3. The van der Waals surface area contributed by atoms with E-state index >= 15 is 0 Å². The van der Waals surface area contributed by atoms with Crippen LogP contribution in [0.25, 0.3) is 0 Å². The van der Waals surface area contributed by atoms with E-state index < -0.39 is 5.82 Å². The third-order valence-electron chi connectivity index (χ3n) is 2.15. The van der Waals surface area contributed by atoms with Gasteiger partial charge in [-0.05, 0) is 25.1 Å². The van der Waals surface area contributed by atoms with Gasteiger partial charge in [0.15, 0.2) is 16.7 Å². The third-order valence-corrected chi connectivity index (χ3v) is 3.31. The first-order chi connectivity index (χ1) is 8.69. The van der Waals surface area contributed by atoms with E-state index in [1.165, 1.54) is 23.5 Å². The summed E-state index contributed by atoms with van der Waals surface area (Å²) in [7, 11) is 0. The van der Waals surface area contributed by atoms with Crippen LogP contribution in [-0.2, 0) is 6.61 Å². The number of nitrogens with one attached hydrogen (secondary N) is 1. The highest BCUT2D eigenvalue weighted by Crippen LogP contribution is 2.24. The molecule has 18 heavy (non-hydrogen) atoms. The van der Waals surface area contributed by atoms with Crippen molar-refractivity contribution in [2.24, 2.45) is 0 Å². The quantitative estimate of drug-likeness (QED) is 0.904. The first kappa shape index (κ1) is 13.1. The number of aromatic nitrogens is 1. The number of halogens is 2. The van der Waals surface area contributed by atoms with E-state index in [1.807, 2.05) is 6.92 Å². The van der Waals surface area contributed by atoms with Gasteiger partial charge in [0, 0.05) is 17.8 Å². The smallest absolute Gasteiger partial charge is 0.182 e. The highest BCUT2D eigenvalue weighted by molar-refractivity contribution is 7.15. The zero-order valence-electron chi connectivity index (χ0n) is 9.74. The number of benzene rings is 1. The molecule has 0 aliphatic heterocycles. The van der Waals surface area contributed by atoms with Crippen LogP contribution in [0.1, 0.15) is 11.8 Å². The van der Waals surface area contributed by atoms with Gasteiger partial charge in [0.1, 0.15) is 6.61 Å². The molecule has 0 aliphatic rings. The third kappa shape index (κ3) is 3.34. The molecule has 1 aromatic carbocycles. The molecule has 0 aliphatic carbocycles. The molecule has 0 amide bonds. The Hall–Kier alpha value is -1.33. The molecule has 1 heterocycles. The summed E-state index contributed by atoms with van der Waals surface area (Å²) >= 11 is 7.15. The maximum Gasteiger partial charge on any atom is 0.182 e. The van der Waals surface area contributed by atoms with E-state index in [9.17, 15) is 4.39 Å². The molecule has 2 rings (SSSR count). The first-order valence-corrected chi connectivity index (χ1v) is 6.65. The van der Waals surface area contributed by atoms with E-state index in [0.29, 0.717) is 11.6 Å². The second-order valence-electron chi connectivity index (χ2n) is 3.53. The van der Waals surface area contributed by atoms with Crippen molar-refractivity contribution in [2.75, 3.05) is 11.9 Å². The molecule has 6 heteroatoms. The van der Waals surface area contributed by atoms with Crippen molar-refractivity contribution in [3.05, 3.63) is 40.1 Å². The van der Waals surface area contributed by atoms with Crippen LogP contribution in [0, 0.1) is 5.82 Å². The van der Waals surface area contributed by atoms with Crippen LogP contribution < -0.4 is 10.1 Å². The molecular weight excluding hydrogens is 275 g/mol. The van der Waals surface area contributed by atoms with Gasteiger partial charge in [-0.15, -0.1) is 0 Å². The second-order valence-corrected chi connectivity index (χ2v) is 5.08. The van der Waals surface area contributed by atoms with Gasteiger partial charge in [0.05, 0.1) is 4.88 Å². The van der Waals surface area contributed by atoms with E-state index in [1.54, 1.807) is 12.3 Å². The molecule has 96 valence electrons. The summed E-state index contributed by atoms with van der Waals surface area (Å²) in [6.07, 6.45) is 1.72. The van der Waals surface area contributed by atoms with Crippen molar-refractivity contribution in [2.45, 2.75) is 13.5 Å². The molecular formula is C12H12ClFN2OS. The van der Waals surface area contributed by atoms with Crippen LogP contribution in [0.3, 0.4) is 0 Å². The SMILES string of the molecule is CCNc1ncc(COc2ccc(Cl)cc2F)s1. The van der Waals surface area contributed by atoms with E-state index in [0.717, 1.165) is 16.6 Å². The highest BCUT2D eigenvalue weighted by atomic mass is 35.5. The van der Waals surface area contributed by atoms with Gasteiger partial charge in [-0.3, -0.25) is 0 Å². The molecule has 2 aromatic rings. The fraction of sp³-hybridized carbons (Fsp3) is 0.250. The summed E-state index contributed by atoms with van der Waals surface area (Å²) in [5.41, 5.74) is 0. The zero-order chi connectivity index (χ0) is 13.0. The number of ether oxygens (including phenoxy) is 1. The number of rotatable bonds is 5. The lowest BCUT2D eigenvalue weighted by molar-refractivity contribution is 0.293. The monoisotopic (exact) mass is 286 g/mol. The highest BCUT2D eigenvalue weighted by Gasteiger charge is 2.06. The lowest BCUT2D eigenvalue weighted by Gasteiger charge is -2.05. The van der Waals surface area contributed by atoms with Gasteiger partial charge in [-0.2, -0.15) is 0 Å². The summed E-state index contributed by atoms with van der Waals surface area (Å²) < 4.78 is 18.8. The maximum atomic E-state index is 13.4. The summed E-state index contributed by atoms with van der Waals surface area (Å²) in [4.78, 5) is 5.10. The van der Waals surface area contributed by atoms with Gasteiger partial charge < -0.3 is 10.1 Å². The van der Waals surface area contributed by atoms with Crippen LogP contribution in [0.5, 0.6) is 5.75 Å². The molecule has 0 fully saturated rings. The van der Waals surface area contributed by atoms with Crippen molar-refractivity contribution in [3.63, 3.8) is 0 Å². The number of hydrogen-bond acceptors (Lipinski definition) is 4. The van der Waals surface area contributed by atoms with Gasteiger partial charge in [-0.25, -0.2) is 9.37 Å². The number of anilines is 1. The van der Waals surface area contributed by atoms with E-state index in [-0.39, 0.29) is 5.75 Å². The molecule has 1 N–H and O–H groups in total. The Morgan fingerprint density at radius 2 is 2.33 bits per heavy atom. The standard InChI is InChI=1S/C12H12ClFN2OS/c1-2-15-12-16-6-9(18-12)7-17-11-4-3-8(13)5-10(11)14/h3-6H,2,7H2,1H3,(H,15,16). The van der Waals surface area contributed by atoms with E-state index in [2.05, 4.69) is 10.3 Å². The predicted octanol–water partition coefficient (Wildman–Crippen LogP) is 3.95. The Morgan fingerprint density at radius 1 is 1.50 bits per heavy atom. The van der Waals surface area contributed by atoms with Crippen molar-refractivity contribution >= 4 is 28.1 Å².